The molecular weight excluding hydrogens is 1050 g/mol. The molecule has 6 aliphatic heterocycles. The number of nitrogens with zero attached hydrogens (tertiary/aromatic N) is 9. The number of cyclic esters (lactones) is 1. The number of rotatable bonds is 10. The molecule has 18 nitrogen and oxygen atoms in total. The van der Waals surface area contributed by atoms with Gasteiger partial charge in [0.25, 0.3) is 11.5 Å². The van der Waals surface area contributed by atoms with Crippen molar-refractivity contribution in [3.05, 3.63) is 117 Å². The Morgan fingerprint density at radius 2 is 1.79 bits per heavy atom. The van der Waals surface area contributed by atoms with Crippen LogP contribution < -0.4 is 20.1 Å². The van der Waals surface area contributed by atoms with Gasteiger partial charge in [-0.1, -0.05) is 25.5 Å². The number of amides is 2. The van der Waals surface area contributed by atoms with Crippen LogP contribution in [0.2, 0.25) is 0 Å². The second-order valence-corrected chi connectivity index (χ2v) is 21.9. The van der Waals surface area contributed by atoms with Crippen molar-refractivity contribution in [1.82, 2.24) is 34.3 Å². The Hall–Kier alpha value is -8.68. The highest BCUT2D eigenvalue weighted by Crippen LogP contribution is 2.44. The summed E-state index contributed by atoms with van der Waals surface area (Å²) in [5.41, 5.74) is -1.97. The summed E-state index contributed by atoms with van der Waals surface area (Å²) in [5, 5.41) is 23.1. The number of phenolic OH excluding ortho intramolecular Hbond substituents is 1. The van der Waals surface area contributed by atoms with Crippen LogP contribution in [0.1, 0.15) is 67.7 Å². The van der Waals surface area contributed by atoms with Crippen LogP contribution in [-0.4, -0.2) is 133 Å². The molecule has 2 unspecified atom stereocenters. The summed E-state index contributed by atoms with van der Waals surface area (Å²) >= 11 is 0. The third-order valence-corrected chi connectivity index (χ3v) is 17.2. The van der Waals surface area contributed by atoms with Crippen molar-refractivity contribution in [2.75, 3.05) is 56.2 Å². The normalized spacial score (nSPS) is 22.6. The molecule has 2 N–H and O–H groups in total. The zero-order chi connectivity index (χ0) is 56.6. The van der Waals surface area contributed by atoms with E-state index in [1.165, 1.54) is 42.1 Å². The quantitative estimate of drug-likeness (QED) is 0.0596. The number of hydrogen-bond donors (Lipinski definition) is 2. The molecule has 22 heteroatoms. The third-order valence-electron chi connectivity index (χ3n) is 17.2. The maximum absolute atomic E-state index is 17.4. The third kappa shape index (κ3) is 8.13. The van der Waals surface area contributed by atoms with Crippen LogP contribution in [0.5, 0.6) is 11.8 Å². The molecule has 4 aromatic heterocycles. The number of alkyl halides is 1. The molecule has 0 saturated carbocycles. The number of aromatic hydroxyl groups is 1. The van der Waals surface area contributed by atoms with E-state index >= 15 is 13.2 Å². The van der Waals surface area contributed by atoms with Crippen molar-refractivity contribution in [3.8, 4) is 46.7 Å². The second-order valence-electron chi connectivity index (χ2n) is 21.9. The Morgan fingerprint density at radius 3 is 2.56 bits per heavy atom. The number of carbonyl (C=O) groups is 3. The SMILES string of the molecule is C#Cc1c(F)ccc2cc(O)cc(-c3ncc4c(N5CC6CCC(C5)N6C(=O)C(=C)COC(=O)N(C)c5cc6cc7c(nc6cc5F)-c5cc6c(c(=O)n5C7)COC(=O)[C@]6(O)CC)nc(OC[C@@]56CCCN5C[C@H](F)C6)nc4c3F)c12. The highest BCUT2D eigenvalue weighted by Gasteiger charge is 2.50. The lowest BCUT2D eigenvalue weighted by Gasteiger charge is -2.42. The minimum absolute atomic E-state index is 0.0292. The highest BCUT2D eigenvalue weighted by molar-refractivity contribution is 6.03. The van der Waals surface area contributed by atoms with Gasteiger partial charge in [0.2, 0.25) is 0 Å². The van der Waals surface area contributed by atoms with Gasteiger partial charge in [0, 0.05) is 78.4 Å². The Bertz CT molecular complexity index is 4050. The fourth-order valence-electron chi connectivity index (χ4n) is 13.2. The Labute approximate surface area is 459 Å². The number of phenols is 1. The first-order chi connectivity index (χ1) is 38.9. The number of terminal acetylenes is 1. The first-order valence-electron chi connectivity index (χ1n) is 26.6. The molecule has 414 valence electrons. The maximum Gasteiger partial charge on any atom is 0.414 e. The summed E-state index contributed by atoms with van der Waals surface area (Å²) in [5.74, 6) is -1.40. The Kier molecular flexibility index (Phi) is 12.1. The van der Waals surface area contributed by atoms with E-state index in [0.29, 0.717) is 53.5 Å². The minimum atomic E-state index is -2.02. The van der Waals surface area contributed by atoms with Crippen LogP contribution >= 0.6 is 0 Å². The Morgan fingerprint density at radius 1 is 1.00 bits per heavy atom. The number of aliphatic hydroxyl groups is 1. The van der Waals surface area contributed by atoms with Gasteiger partial charge in [0.15, 0.2) is 11.4 Å². The van der Waals surface area contributed by atoms with Crippen LogP contribution in [0.25, 0.3) is 55.2 Å². The van der Waals surface area contributed by atoms with Crippen LogP contribution in [0, 0.1) is 29.8 Å². The van der Waals surface area contributed by atoms with Crippen molar-refractivity contribution in [3.63, 3.8) is 0 Å². The van der Waals surface area contributed by atoms with Crippen molar-refractivity contribution in [1.29, 1.82) is 0 Å². The maximum atomic E-state index is 17.4. The summed E-state index contributed by atoms with van der Waals surface area (Å²) in [6, 6.07) is 10.1. The number of fused-ring (bicyclic) bond motifs is 10. The van der Waals surface area contributed by atoms with E-state index in [1.54, 1.807) is 24.0 Å². The van der Waals surface area contributed by atoms with E-state index in [1.807, 2.05) is 4.90 Å². The fraction of sp³-hybridized carbons (Fsp3) is 0.356. The largest absolute Gasteiger partial charge is 0.508 e. The number of hydrogen-bond acceptors (Lipinski definition) is 15. The van der Waals surface area contributed by atoms with Crippen LogP contribution in [0.15, 0.2) is 71.7 Å². The molecule has 5 atom stereocenters. The number of anilines is 2. The summed E-state index contributed by atoms with van der Waals surface area (Å²) in [6.07, 6.45) is 8.07. The first kappa shape index (κ1) is 51.7. The predicted molar refractivity (Wildman–Crippen MR) is 288 cm³/mol. The van der Waals surface area contributed by atoms with Gasteiger partial charge >= 0.3 is 18.1 Å². The molecule has 2 amide bonds. The molecule has 0 aliphatic carbocycles. The molecule has 13 rings (SSSR count). The number of aromatic nitrogens is 5. The van der Waals surface area contributed by atoms with E-state index < -0.39 is 77.0 Å². The van der Waals surface area contributed by atoms with Gasteiger partial charge in [-0.2, -0.15) is 9.97 Å². The van der Waals surface area contributed by atoms with E-state index in [0.717, 1.165) is 23.5 Å². The molecule has 2 bridgehead atoms. The minimum Gasteiger partial charge on any atom is -0.508 e. The van der Waals surface area contributed by atoms with Crippen LogP contribution in [0.3, 0.4) is 0 Å². The molecule has 7 aromatic rings. The topological polar surface area (TPSA) is 206 Å². The van der Waals surface area contributed by atoms with Gasteiger partial charge in [0.05, 0.1) is 63.3 Å². The lowest BCUT2D eigenvalue weighted by atomic mass is 9.86. The predicted octanol–water partition coefficient (Wildman–Crippen LogP) is 7.31. The smallest absolute Gasteiger partial charge is 0.414 e. The highest BCUT2D eigenvalue weighted by atomic mass is 19.1. The van der Waals surface area contributed by atoms with E-state index in [4.69, 9.17) is 25.6 Å². The Balaban J connectivity index is 0.734. The summed E-state index contributed by atoms with van der Waals surface area (Å²) in [7, 11) is 1.31. The monoisotopic (exact) mass is 1110 g/mol. The van der Waals surface area contributed by atoms with Gasteiger partial charge in [-0.05, 0) is 80.4 Å². The average molecular weight is 1110 g/mol. The van der Waals surface area contributed by atoms with Gasteiger partial charge in [-0.3, -0.25) is 24.4 Å². The van der Waals surface area contributed by atoms with Gasteiger partial charge in [0.1, 0.15) is 60.4 Å². The number of esters is 1. The molecule has 6 aliphatic rings. The molecule has 3 aromatic carbocycles. The van der Waals surface area contributed by atoms with Crippen LogP contribution in [-0.2, 0) is 37.8 Å². The van der Waals surface area contributed by atoms with Crippen molar-refractivity contribution < 1.29 is 56.4 Å². The van der Waals surface area contributed by atoms with Crippen molar-refractivity contribution in [2.45, 2.75) is 88.0 Å². The van der Waals surface area contributed by atoms with Crippen molar-refractivity contribution in [2.24, 2.45) is 0 Å². The van der Waals surface area contributed by atoms with Gasteiger partial charge in [-0.25, -0.2) is 32.1 Å². The summed E-state index contributed by atoms with van der Waals surface area (Å²) in [4.78, 5) is 79.4. The molecule has 4 fully saturated rings. The lowest BCUT2D eigenvalue weighted by molar-refractivity contribution is -0.172. The van der Waals surface area contributed by atoms with Gasteiger partial charge < -0.3 is 38.8 Å². The van der Waals surface area contributed by atoms with E-state index in [9.17, 15) is 33.8 Å². The molecule has 0 radical (unpaired) electrons. The number of benzene rings is 3. The summed E-state index contributed by atoms with van der Waals surface area (Å²) in [6.45, 7) is 6.34. The second kappa shape index (κ2) is 19.0. The molecule has 10 heterocycles. The number of ether oxygens (including phenoxy) is 3. The lowest BCUT2D eigenvalue weighted by Crippen LogP contribution is -2.56. The average Bonchev–Trinajstić information content (AvgIpc) is 4.40. The van der Waals surface area contributed by atoms with E-state index in [2.05, 4.69) is 32.4 Å². The molecule has 0 spiro atoms. The number of carbonyl (C=O) groups excluding carboxylic acids is 3. The molecule has 4 saturated heterocycles. The van der Waals surface area contributed by atoms with Crippen LogP contribution in [0.4, 0.5) is 33.9 Å². The number of halogens is 4. The first-order valence-corrected chi connectivity index (χ1v) is 26.6. The van der Waals surface area contributed by atoms with E-state index in [-0.39, 0.29) is 131 Å². The molecule has 81 heavy (non-hydrogen) atoms. The number of piperazine rings is 1. The zero-order valence-corrected chi connectivity index (χ0v) is 43.9. The number of pyridine rings is 3. The van der Waals surface area contributed by atoms with Crippen molar-refractivity contribution >= 4 is 62.1 Å². The molecular formula is C59H51F4N9O9. The summed E-state index contributed by atoms with van der Waals surface area (Å²) < 4.78 is 81.9. The zero-order valence-electron chi connectivity index (χ0n) is 43.9. The van der Waals surface area contributed by atoms with Gasteiger partial charge in [-0.15, -0.1) is 6.42 Å². The standard InChI is InChI=1S/C59H51F4N9O9/c1-5-37-42(61)11-8-30-15-36(73)17-38(47(30)37)50-48(63)51-39(21-64-50)52(67-56(66-51)81-28-58-12-7-13-70(58)23-33(60)20-58)69-24-34-9-10-35(25-69)72(34)53(74)29(3)26-80-57(77)68(4)45-16-31-14-32-22-71-46(49(32)65-44(31)19-43(45)62)18-41-40(54(71)75)27-79-55(76)59(41,78)6-2/h1,8,11,14-19,21,33-35,73,78H,3,6-7,9-10,12-13,20,22-28H2,2,4H3/t33-,34?,35?,58+,59+/m1/s1. The fourth-order valence-corrected chi connectivity index (χ4v) is 13.2.